The van der Waals surface area contributed by atoms with E-state index < -0.39 is 28.1 Å². The Morgan fingerprint density at radius 2 is 1.55 bits per heavy atom. The van der Waals surface area contributed by atoms with E-state index >= 15 is 0 Å². The van der Waals surface area contributed by atoms with Crippen LogP contribution in [0.5, 0.6) is 0 Å². The Kier molecular flexibility index (Phi) is 7.54. The van der Waals surface area contributed by atoms with Gasteiger partial charge in [0.2, 0.25) is 21.7 Å². The van der Waals surface area contributed by atoms with E-state index in [0.717, 1.165) is 16.3 Å². The average molecular weight is 531 g/mol. The zero-order chi connectivity index (χ0) is 26.5. The van der Waals surface area contributed by atoms with Gasteiger partial charge in [0.05, 0.1) is 31.1 Å². The fraction of sp³-hybridized carbons (Fsp3) is 0.214. The number of ketones is 1. The minimum absolute atomic E-state index is 0.0292. The number of ether oxygens (including phenoxy) is 1. The summed E-state index contributed by atoms with van der Waals surface area (Å²) in [5.74, 6) is -0.969. The highest BCUT2D eigenvalue weighted by molar-refractivity contribution is 7.89. The minimum Gasteiger partial charge on any atom is -0.379 e. The van der Waals surface area contributed by atoms with Crippen molar-refractivity contribution in [1.82, 2.24) is 14.3 Å². The van der Waals surface area contributed by atoms with Gasteiger partial charge in [-0.2, -0.15) is 4.31 Å². The van der Waals surface area contributed by atoms with E-state index in [2.05, 4.69) is 9.97 Å². The highest BCUT2D eigenvalue weighted by Gasteiger charge is 2.27. The first-order chi connectivity index (χ1) is 18.4. The van der Waals surface area contributed by atoms with E-state index in [4.69, 9.17) is 4.74 Å². The van der Waals surface area contributed by atoms with Crippen molar-refractivity contribution in [3.05, 3.63) is 96.6 Å². The quantitative estimate of drug-likeness (QED) is 0.253. The summed E-state index contributed by atoms with van der Waals surface area (Å²) in [5, 5.41) is 2.10. The van der Waals surface area contributed by atoms with E-state index in [-0.39, 0.29) is 17.3 Å². The van der Waals surface area contributed by atoms with Crippen LogP contribution in [0.4, 0.5) is 5.69 Å². The molecular weight excluding hydrogens is 504 g/mol. The Hall–Kier alpha value is -3.99. The summed E-state index contributed by atoms with van der Waals surface area (Å²) in [5.41, 5.74) is 1.34. The molecule has 0 N–H and O–H groups in total. The molecule has 1 aromatic heterocycles. The van der Waals surface area contributed by atoms with Gasteiger partial charge in [-0.15, -0.1) is 0 Å². The standard InChI is InChI=1S/C28H26N4O5S/c33-26(28-29-12-3-13-30-28)19-27(34)32(20-21-6-7-22-4-1-2-5-23(22)18-21)24-8-10-25(11-9-24)38(35,36)31-14-16-37-17-15-31/h1-13,18H,14-17,19-20H2. The lowest BCUT2D eigenvalue weighted by molar-refractivity contribution is -0.117. The number of rotatable bonds is 8. The molecule has 10 heteroatoms. The van der Waals surface area contributed by atoms with Gasteiger partial charge in [-0.25, -0.2) is 18.4 Å². The lowest BCUT2D eigenvalue weighted by Gasteiger charge is -2.27. The summed E-state index contributed by atoms with van der Waals surface area (Å²) in [4.78, 5) is 35.7. The van der Waals surface area contributed by atoms with Gasteiger partial charge in [0.25, 0.3) is 0 Å². The zero-order valence-electron chi connectivity index (χ0n) is 20.6. The van der Waals surface area contributed by atoms with Crippen molar-refractivity contribution in [3.8, 4) is 0 Å². The Balaban J connectivity index is 1.44. The molecule has 5 rings (SSSR count). The third kappa shape index (κ3) is 5.62. The molecule has 0 bridgehead atoms. The summed E-state index contributed by atoms with van der Waals surface area (Å²) >= 11 is 0. The number of morpholine rings is 1. The molecule has 1 amide bonds. The summed E-state index contributed by atoms with van der Waals surface area (Å²) < 4.78 is 32.8. The summed E-state index contributed by atoms with van der Waals surface area (Å²) in [6.45, 7) is 1.48. The third-order valence-corrected chi connectivity index (χ3v) is 8.25. The summed E-state index contributed by atoms with van der Waals surface area (Å²) in [7, 11) is -3.68. The Labute approximate surface area is 220 Å². The lowest BCUT2D eigenvalue weighted by atomic mass is 10.1. The highest BCUT2D eigenvalue weighted by atomic mass is 32.2. The first-order valence-electron chi connectivity index (χ1n) is 12.2. The van der Waals surface area contributed by atoms with Crippen molar-refractivity contribution in [2.45, 2.75) is 17.9 Å². The molecule has 1 saturated heterocycles. The van der Waals surface area contributed by atoms with Gasteiger partial charge in [-0.3, -0.25) is 9.59 Å². The number of Topliss-reactive ketones (excluding diaryl/α,β-unsaturated/α-hetero) is 1. The Bertz CT molecular complexity index is 1550. The third-order valence-electron chi connectivity index (χ3n) is 6.34. The normalized spacial score (nSPS) is 14.3. The second-order valence-electron chi connectivity index (χ2n) is 8.84. The topological polar surface area (TPSA) is 110 Å². The maximum atomic E-state index is 13.4. The van der Waals surface area contributed by atoms with Crippen LogP contribution >= 0.6 is 0 Å². The van der Waals surface area contributed by atoms with E-state index in [0.29, 0.717) is 32.0 Å². The molecule has 0 saturated carbocycles. The molecule has 38 heavy (non-hydrogen) atoms. The molecule has 9 nitrogen and oxygen atoms in total. The smallest absolute Gasteiger partial charge is 0.243 e. The SMILES string of the molecule is O=C(CC(=O)N(Cc1ccc2ccccc2c1)c1ccc(S(=O)(=O)N2CCOCC2)cc1)c1ncccn1. The van der Waals surface area contributed by atoms with E-state index in [1.807, 2.05) is 42.5 Å². The van der Waals surface area contributed by atoms with Crippen molar-refractivity contribution in [1.29, 1.82) is 0 Å². The molecule has 1 fully saturated rings. The molecular formula is C28H26N4O5S. The van der Waals surface area contributed by atoms with Gasteiger partial charge in [-0.1, -0.05) is 36.4 Å². The fourth-order valence-electron chi connectivity index (χ4n) is 4.33. The van der Waals surface area contributed by atoms with Crippen LogP contribution in [-0.2, 0) is 26.1 Å². The number of nitrogens with zero attached hydrogens (tertiary/aromatic N) is 4. The Morgan fingerprint density at radius 1 is 0.868 bits per heavy atom. The number of amides is 1. The van der Waals surface area contributed by atoms with Crippen molar-refractivity contribution in [2.24, 2.45) is 0 Å². The van der Waals surface area contributed by atoms with Crippen LogP contribution in [0.1, 0.15) is 22.6 Å². The van der Waals surface area contributed by atoms with E-state index in [9.17, 15) is 18.0 Å². The molecule has 3 aromatic carbocycles. The van der Waals surface area contributed by atoms with Crippen LogP contribution in [0.2, 0.25) is 0 Å². The van der Waals surface area contributed by atoms with Gasteiger partial charge in [0.1, 0.15) is 0 Å². The predicted octanol–water partition coefficient (Wildman–Crippen LogP) is 3.46. The van der Waals surface area contributed by atoms with E-state index in [1.54, 1.807) is 18.2 Å². The molecule has 0 spiro atoms. The average Bonchev–Trinajstić information content (AvgIpc) is 2.96. The minimum atomic E-state index is -3.68. The lowest BCUT2D eigenvalue weighted by Crippen LogP contribution is -2.40. The number of hydrogen-bond acceptors (Lipinski definition) is 7. The van der Waals surface area contributed by atoms with Gasteiger partial charge in [0, 0.05) is 31.2 Å². The first kappa shape index (κ1) is 25.7. The van der Waals surface area contributed by atoms with Gasteiger partial charge in [0.15, 0.2) is 5.82 Å². The summed E-state index contributed by atoms with van der Waals surface area (Å²) in [6.07, 6.45) is 2.47. The van der Waals surface area contributed by atoms with Gasteiger partial charge >= 0.3 is 0 Å². The van der Waals surface area contributed by atoms with Crippen LogP contribution in [0.15, 0.2) is 90.1 Å². The van der Waals surface area contributed by atoms with Crippen molar-refractivity contribution < 1.29 is 22.7 Å². The molecule has 1 aliphatic heterocycles. The zero-order valence-corrected chi connectivity index (χ0v) is 21.4. The van der Waals surface area contributed by atoms with Crippen molar-refractivity contribution in [3.63, 3.8) is 0 Å². The molecule has 1 aliphatic rings. The van der Waals surface area contributed by atoms with Crippen LogP contribution in [0.3, 0.4) is 0 Å². The molecule has 2 heterocycles. The van der Waals surface area contributed by atoms with Crippen LogP contribution in [0.25, 0.3) is 10.8 Å². The molecule has 0 unspecified atom stereocenters. The first-order valence-corrected chi connectivity index (χ1v) is 13.6. The van der Waals surface area contributed by atoms with E-state index in [1.165, 1.54) is 33.7 Å². The number of carbonyl (C=O) groups excluding carboxylic acids is 2. The number of aromatic nitrogens is 2. The van der Waals surface area contributed by atoms with Gasteiger partial charge < -0.3 is 9.64 Å². The largest absolute Gasteiger partial charge is 0.379 e. The van der Waals surface area contributed by atoms with Gasteiger partial charge in [-0.05, 0) is 52.7 Å². The van der Waals surface area contributed by atoms with Crippen molar-refractivity contribution in [2.75, 3.05) is 31.2 Å². The second-order valence-corrected chi connectivity index (χ2v) is 10.8. The predicted molar refractivity (Wildman–Crippen MR) is 142 cm³/mol. The molecule has 0 atom stereocenters. The number of fused-ring (bicyclic) bond motifs is 1. The Morgan fingerprint density at radius 3 is 2.26 bits per heavy atom. The summed E-state index contributed by atoms with van der Waals surface area (Å²) in [6, 6.07) is 21.6. The van der Waals surface area contributed by atoms with Crippen LogP contribution in [0, 0.1) is 0 Å². The molecule has 4 aromatic rings. The number of sulfonamides is 1. The molecule has 194 valence electrons. The number of anilines is 1. The fourth-order valence-corrected chi connectivity index (χ4v) is 5.74. The number of carbonyl (C=O) groups is 2. The molecule has 0 radical (unpaired) electrons. The van der Waals surface area contributed by atoms with Crippen LogP contribution < -0.4 is 4.90 Å². The maximum Gasteiger partial charge on any atom is 0.243 e. The monoisotopic (exact) mass is 530 g/mol. The van der Waals surface area contributed by atoms with Crippen molar-refractivity contribution >= 4 is 38.2 Å². The highest BCUT2D eigenvalue weighted by Crippen LogP contribution is 2.25. The second kappa shape index (κ2) is 11.2. The number of benzene rings is 3. The molecule has 0 aliphatic carbocycles. The number of hydrogen-bond donors (Lipinski definition) is 0. The van der Waals surface area contributed by atoms with Crippen LogP contribution in [-0.4, -0.2) is 60.7 Å². The maximum absolute atomic E-state index is 13.4.